The van der Waals surface area contributed by atoms with Crippen LogP contribution >= 0.6 is 11.8 Å². The third-order valence-electron chi connectivity index (χ3n) is 4.84. The van der Waals surface area contributed by atoms with Crippen molar-refractivity contribution < 1.29 is 33.9 Å². The van der Waals surface area contributed by atoms with Gasteiger partial charge in [0.15, 0.2) is 0 Å². The molecule has 1 saturated heterocycles. The van der Waals surface area contributed by atoms with Gasteiger partial charge >= 0.3 is 17.8 Å². The predicted octanol–water partition coefficient (Wildman–Crippen LogP) is -0.0376. The minimum Gasteiger partial charge on any atom is -0.477 e. The topological polar surface area (TPSA) is 174 Å². The molecular formula is C17H19N5O8S. The molecule has 0 bridgehead atoms. The quantitative estimate of drug-likeness (QED) is 0.247. The standard InChI is InChI=1S/C17H19N5O8S/c1-7-4-11(22(28)29)19-21(7)8(2)14(24)18-12-15(25)20-13(17(26)27)10(5-30-9(3)23)6-31-16(12)20/h4,8,12,16H,5-6H2,1-3H3,(H,18,24)(H,26,27)/t8-,12+,16+/m0/s1. The van der Waals surface area contributed by atoms with E-state index in [9.17, 15) is 34.4 Å². The van der Waals surface area contributed by atoms with E-state index in [4.69, 9.17) is 4.74 Å². The Kier molecular flexibility index (Phi) is 6.01. The largest absolute Gasteiger partial charge is 0.477 e. The number of hydrogen-bond acceptors (Lipinski definition) is 9. The lowest BCUT2D eigenvalue weighted by molar-refractivity contribution is -0.389. The molecule has 2 aliphatic heterocycles. The van der Waals surface area contributed by atoms with Gasteiger partial charge in [-0.3, -0.25) is 19.3 Å². The minimum absolute atomic E-state index is 0.204. The van der Waals surface area contributed by atoms with Gasteiger partial charge < -0.3 is 25.3 Å². The van der Waals surface area contributed by atoms with Crippen molar-refractivity contribution in [1.29, 1.82) is 0 Å². The number of amides is 2. The molecule has 1 aromatic heterocycles. The van der Waals surface area contributed by atoms with Crippen LogP contribution in [0.25, 0.3) is 0 Å². The molecule has 3 atom stereocenters. The Morgan fingerprint density at radius 3 is 2.71 bits per heavy atom. The molecule has 166 valence electrons. The summed E-state index contributed by atoms with van der Waals surface area (Å²) in [5, 5.41) is 26.2. The zero-order chi connectivity index (χ0) is 23.0. The SMILES string of the molecule is CC(=O)OCC1=C(C(=O)O)N2C(=O)[C@@H](NC(=O)[C@H](C)n3nc([N+](=O)[O-])cc3C)[C@H]2SC1. The first-order valence-electron chi connectivity index (χ1n) is 9.07. The van der Waals surface area contributed by atoms with Gasteiger partial charge in [0.25, 0.3) is 5.91 Å². The van der Waals surface area contributed by atoms with Crippen LogP contribution in [0.3, 0.4) is 0 Å². The highest BCUT2D eigenvalue weighted by molar-refractivity contribution is 8.00. The van der Waals surface area contributed by atoms with Crippen LogP contribution in [0.2, 0.25) is 0 Å². The highest BCUT2D eigenvalue weighted by Gasteiger charge is 2.54. The number of β-lactam (4-membered cyclic amide) rings is 1. The number of carbonyl (C=O) groups excluding carboxylic acids is 3. The van der Waals surface area contributed by atoms with Crippen LogP contribution in [0, 0.1) is 17.0 Å². The molecule has 0 spiro atoms. The van der Waals surface area contributed by atoms with Crippen molar-refractivity contribution in [2.75, 3.05) is 12.4 Å². The van der Waals surface area contributed by atoms with Crippen LogP contribution in [-0.2, 0) is 23.9 Å². The fraction of sp³-hybridized carbons (Fsp3) is 0.471. The molecule has 0 aromatic carbocycles. The van der Waals surface area contributed by atoms with E-state index in [1.807, 2.05) is 0 Å². The first-order valence-corrected chi connectivity index (χ1v) is 10.1. The van der Waals surface area contributed by atoms with E-state index in [0.29, 0.717) is 5.69 Å². The number of aliphatic carboxylic acids is 1. The van der Waals surface area contributed by atoms with E-state index >= 15 is 0 Å². The molecule has 13 nitrogen and oxygen atoms in total. The van der Waals surface area contributed by atoms with Crippen molar-refractivity contribution >= 4 is 41.3 Å². The van der Waals surface area contributed by atoms with Gasteiger partial charge in [-0.05, 0) is 18.8 Å². The van der Waals surface area contributed by atoms with Crippen LogP contribution in [-0.4, -0.2) is 72.2 Å². The summed E-state index contributed by atoms with van der Waals surface area (Å²) in [7, 11) is 0. The smallest absolute Gasteiger partial charge is 0.390 e. The first kappa shape index (κ1) is 22.3. The van der Waals surface area contributed by atoms with Gasteiger partial charge in [-0.1, -0.05) is 0 Å². The second kappa shape index (κ2) is 8.37. The summed E-state index contributed by atoms with van der Waals surface area (Å²) in [5.74, 6) is -3.31. The van der Waals surface area contributed by atoms with E-state index in [-0.39, 0.29) is 23.6 Å². The van der Waals surface area contributed by atoms with Crippen molar-refractivity contribution in [3.8, 4) is 0 Å². The summed E-state index contributed by atoms with van der Waals surface area (Å²) in [6, 6.07) is -0.667. The third kappa shape index (κ3) is 4.10. The molecule has 0 unspecified atom stereocenters. The zero-order valence-electron chi connectivity index (χ0n) is 16.7. The maximum atomic E-state index is 12.6. The van der Waals surface area contributed by atoms with Gasteiger partial charge in [0.1, 0.15) is 29.8 Å². The van der Waals surface area contributed by atoms with E-state index in [0.717, 1.165) is 4.90 Å². The molecule has 2 aliphatic rings. The number of nitrogens with one attached hydrogen (secondary N) is 1. The number of ether oxygens (including phenoxy) is 1. The summed E-state index contributed by atoms with van der Waals surface area (Å²) in [6.45, 7) is 3.99. The molecule has 2 N–H and O–H groups in total. The maximum Gasteiger partial charge on any atom is 0.390 e. The Balaban J connectivity index is 1.73. The number of carbonyl (C=O) groups is 4. The predicted molar refractivity (Wildman–Crippen MR) is 105 cm³/mol. The number of fused-ring (bicyclic) bond motifs is 1. The number of carboxylic acid groups (broad SMARTS) is 1. The highest BCUT2D eigenvalue weighted by atomic mass is 32.2. The lowest BCUT2D eigenvalue weighted by Crippen LogP contribution is -2.71. The van der Waals surface area contributed by atoms with Gasteiger partial charge in [-0.2, -0.15) is 4.68 Å². The van der Waals surface area contributed by atoms with E-state index in [1.54, 1.807) is 6.92 Å². The van der Waals surface area contributed by atoms with Crippen LogP contribution < -0.4 is 5.32 Å². The number of aryl methyl sites for hydroxylation is 1. The monoisotopic (exact) mass is 453 g/mol. The van der Waals surface area contributed by atoms with Gasteiger partial charge in [0.05, 0.1) is 16.9 Å². The average molecular weight is 453 g/mol. The number of esters is 1. The van der Waals surface area contributed by atoms with Crippen molar-refractivity contribution in [1.82, 2.24) is 20.0 Å². The average Bonchev–Trinajstić information content (AvgIpc) is 3.10. The van der Waals surface area contributed by atoms with E-state index in [2.05, 4.69) is 10.4 Å². The Bertz CT molecular complexity index is 1020. The van der Waals surface area contributed by atoms with Gasteiger partial charge in [0.2, 0.25) is 5.91 Å². The Hall–Kier alpha value is -3.42. The van der Waals surface area contributed by atoms with Crippen molar-refractivity contribution in [2.24, 2.45) is 0 Å². The number of nitrogens with zero attached hydrogens (tertiary/aromatic N) is 4. The molecule has 0 aliphatic carbocycles. The summed E-state index contributed by atoms with van der Waals surface area (Å²) in [6.07, 6.45) is 0. The van der Waals surface area contributed by atoms with Crippen molar-refractivity contribution in [2.45, 2.75) is 38.2 Å². The normalized spacial score (nSPS) is 21.1. The van der Waals surface area contributed by atoms with Crippen molar-refractivity contribution in [3.05, 3.63) is 33.1 Å². The molecule has 3 rings (SSSR count). The second-order valence-electron chi connectivity index (χ2n) is 6.96. The molecule has 1 aromatic rings. The molecular weight excluding hydrogens is 434 g/mol. The van der Waals surface area contributed by atoms with Gasteiger partial charge in [0, 0.05) is 18.2 Å². The minimum atomic E-state index is -1.33. The highest BCUT2D eigenvalue weighted by Crippen LogP contribution is 2.40. The molecule has 0 radical (unpaired) electrons. The zero-order valence-corrected chi connectivity index (χ0v) is 17.5. The maximum absolute atomic E-state index is 12.6. The summed E-state index contributed by atoms with van der Waals surface area (Å²) in [5.41, 5.74) is 0.427. The summed E-state index contributed by atoms with van der Waals surface area (Å²) >= 11 is 1.23. The van der Waals surface area contributed by atoms with E-state index < -0.39 is 52.0 Å². The molecule has 2 amide bonds. The number of carboxylic acids is 1. The molecule has 14 heteroatoms. The number of hydrogen-bond donors (Lipinski definition) is 2. The summed E-state index contributed by atoms with van der Waals surface area (Å²) in [4.78, 5) is 59.3. The lowest BCUT2D eigenvalue weighted by Gasteiger charge is -2.49. The van der Waals surface area contributed by atoms with Crippen LogP contribution in [0.15, 0.2) is 17.3 Å². The van der Waals surface area contributed by atoms with Gasteiger partial charge in [-0.25, -0.2) is 4.79 Å². The van der Waals surface area contributed by atoms with Crippen LogP contribution in [0.5, 0.6) is 0 Å². The molecule has 3 heterocycles. The van der Waals surface area contributed by atoms with Crippen LogP contribution in [0.1, 0.15) is 25.6 Å². The Labute approximate surface area is 179 Å². The van der Waals surface area contributed by atoms with Crippen LogP contribution in [0.4, 0.5) is 5.82 Å². The van der Waals surface area contributed by atoms with Crippen molar-refractivity contribution in [3.63, 3.8) is 0 Å². The fourth-order valence-corrected chi connectivity index (χ4v) is 4.65. The Morgan fingerprint density at radius 1 is 1.48 bits per heavy atom. The number of thioether (sulfide) groups is 1. The molecule has 31 heavy (non-hydrogen) atoms. The fourth-order valence-electron chi connectivity index (χ4n) is 3.32. The number of rotatable bonds is 7. The lowest BCUT2D eigenvalue weighted by atomic mass is 10.0. The number of aromatic nitrogens is 2. The third-order valence-corrected chi connectivity index (χ3v) is 6.18. The second-order valence-corrected chi connectivity index (χ2v) is 8.06. The first-order chi connectivity index (χ1) is 14.5. The molecule has 0 saturated carbocycles. The Morgan fingerprint density at radius 2 is 2.16 bits per heavy atom. The number of nitro groups is 1. The molecule has 1 fully saturated rings. The van der Waals surface area contributed by atoms with Gasteiger partial charge in [-0.15, -0.1) is 11.8 Å². The van der Waals surface area contributed by atoms with E-state index in [1.165, 1.54) is 36.4 Å². The summed E-state index contributed by atoms with van der Waals surface area (Å²) < 4.78 is 6.05.